The van der Waals surface area contributed by atoms with Crippen LogP contribution in [0.1, 0.15) is 37.1 Å². The van der Waals surface area contributed by atoms with Crippen LogP contribution in [0.25, 0.3) is 0 Å². The molecule has 0 aliphatic carbocycles. The Hall–Kier alpha value is -2.14. The van der Waals surface area contributed by atoms with Crippen LogP contribution >= 0.6 is 0 Å². The highest BCUT2D eigenvalue weighted by Gasteiger charge is 2.36. The maximum absolute atomic E-state index is 12.6. The highest BCUT2D eigenvalue weighted by Crippen LogP contribution is 2.21. The molecule has 2 rings (SSSR count). The number of nitrogens with zero attached hydrogens (tertiary/aromatic N) is 1. The van der Waals surface area contributed by atoms with Crippen LogP contribution in [-0.2, 0) is 17.8 Å². The average molecular weight is 314 g/mol. The summed E-state index contributed by atoms with van der Waals surface area (Å²) in [7, 11) is 0. The zero-order valence-corrected chi connectivity index (χ0v) is 14.1. The summed E-state index contributed by atoms with van der Waals surface area (Å²) in [5.74, 6) is -0.0592. The number of rotatable bonds is 7. The van der Waals surface area contributed by atoms with Crippen molar-refractivity contribution in [2.45, 2.75) is 45.7 Å². The molecule has 0 aliphatic rings. The lowest BCUT2D eigenvalue weighted by Gasteiger charge is -2.32. The Bertz CT molecular complexity index is 619. The predicted molar refractivity (Wildman–Crippen MR) is 91.7 cm³/mol. The molecular weight excluding hydrogens is 288 g/mol. The third kappa shape index (κ3) is 4.42. The van der Waals surface area contributed by atoms with E-state index >= 15 is 0 Å². The van der Waals surface area contributed by atoms with Crippen LogP contribution in [0.3, 0.4) is 0 Å². The molecule has 124 valence electrons. The van der Waals surface area contributed by atoms with Crippen molar-refractivity contribution in [2.75, 3.05) is 0 Å². The van der Waals surface area contributed by atoms with Gasteiger partial charge in [0.15, 0.2) is 0 Å². The molecular formula is C18H26N4O. The van der Waals surface area contributed by atoms with Crippen molar-refractivity contribution in [1.29, 1.82) is 0 Å². The number of H-pyrrole nitrogens is 1. The van der Waals surface area contributed by atoms with Gasteiger partial charge >= 0.3 is 0 Å². The number of hydrogen-bond donors (Lipinski definition) is 3. The molecule has 0 saturated heterocycles. The number of benzene rings is 1. The van der Waals surface area contributed by atoms with Crippen LogP contribution in [-0.4, -0.2) is 21.4 Å². The topological polar surface area (TPSA) is 83.8 Å². The molecule has 0 fully saturated rings. The fourth-order valence-corrected chi connectivity index (χ4v) is 2.48. The number of aromatic amines is 1. The van der Waals surface area contributed by atoms with Gasteiger partial charge in [-0.15, -0.1) is 0 Å². The maximum Gasteiger partial charge on any atom is 0.240 e. The van der Waals surface area contributed by atoms with Crippen molar-refractivity contribution in [3.63, 3.8) is 0 Å². The Balaban J connectivity index is 1.97. The fraction of sp³-hybridized carbons (Fsp3) is 0.444. The second-order valence-electron chi connectivity index (χ2n) is 6.44. The molecule has 0 aliphatic heterocycles. The smallest absolute Gasteiger partial charge is 0.240 e. The van der Waals surface area contributed by atoms with Gasteiger partial charge in [0.25, 0.3) is 0 Å². The molecule has 1 aromatic heterocycles. The Morgan fingerprint density at radius 1 is 1.35 bits per heavy atom. The molecule has 1 heterocycles. The molecule has 5 heteroatoms. The number of nitrogens with one attached hydrogen (secondary N) is 2. The van der Waals surface area contributed by atoms with Gasteiger partial charge in [-0.3, -0.25) is 4.79 Å². The molecule has 1 atom stereocenters. The molecule has 4 N–H and O–H groups in total. The van der Waals surface area contributed by atoms with Gasteiger partial charge in [0.05, 0.1) is 11.9 Å². The fourth-order valence-electron chi connectivity index (χ4n) is 2.48. The Morgan fingerprint density at radius 2 is 2.04 bits per heavy atom. The predicted octanol–water partition coefficient (Wildman–Crippen LogP) is 2.32. The zero-order chi connectivity index (χ0) is 16.9. The van der Waals surface area contributed by atoms with Gasteiger partial charge in [0, 0.05) is 18.4 Å². The van der Waals surface area contributed by atoms with E-state index in [2.05, 4.69) is 15.3 Å². The van der Waals surface area contributed by atoms with Gasteiger partial charge in [-0.25, -0.2) is 4.98 Å². The van der Waals surface area contributed by atoms with E-state index in [9.17, 15) is 4.79 Å². The number of amides is 1. The molecule has 23 heavy (non-hydrogen) atoms. The summed E-state index contributed by atoms with van der Waals surface area (Å²) in [6.45, 7) is 6.51. The van der Waals surface area contributed by atoms with Crippen molar-refractivity contribution in [2.24, 2.45) is 11.7 Å². The lowest BCUT2D eigenvalue weighted by molar-refractivity contribution is -0.128. The van der Waals surface area contributed by atoms with E-state index in [0.717, 1.165) is 11.3 Å². The number of hydrogen-bond acceptors (Lipinski definition) is 3. The molecule has 0 saturated carbocycles. The quantitative estimate of drug-likeness (QED) is 0.733. The van der Waals surface area contributed by atoms with Crippen LogP contribution < -0.4 is 11.1 Å². The minimum Gasteiger partial charge on any atom is -0.350 e. The SMILES string of the molecule is Cc1ccc(CNC(=O)[C@](N)(CCc2cnc[nH]2)C(C)C)cc1. The summed E-state index contributed by atoms with van der Waals surface area (Å²) in [6.07, 6.45) is 4.69. The van der Waals surface area contributed by atoms with E-state index in [1.807, 2.05) is 45.0 Å². The van der Waals surface area contributed by atoms with Crippen molar-refractivity contribution in [1.82, 2.24) is 15.3 Å². The van der Waals surface area contributed by atoms with Crippen molar-refractivity contribution < 1.29 is 4.79 Å². The largest absolute Gasteiger partial charge is 0.350 e. The number of carbonyl (C=O) groups excluding carboxylic acids is 1. The van der Waals surface area contributed by atoms with Gasteiger partial charge in [0.1, 0.15) is 0 Å². The summed E-state index contributed by atoms with van der Waals surface area (Å²) in [5.41, 5.74) is 8.82. The summed E-state index contributed by atoms with van der Waals surface area (Å²) in [5, 5.41) is 2.98. The highest BCUT2D eigenvalue weighted by atomic mass is 16.2. The van der Waals surface area contributed by atoms with Crippen molar-refractivity contribution in [3.8, 4) is 0 Å². The first-order valence-corrected chi connectivity index (χ1v) is 8.02. The molecule has 1 aromatic carbocycles. The third-order valence-electron chi connectivity index (χ3n) is 4.39. The van der Waals surface area contributed by atoms with Crippen molar-refractivity contribution >= 4 is 5.91 Å². The molecule has 5 nitrogen and oxygen atoms in total. The van der Waals surface area contributed by atoms with E-state index in [1.54, 1.807) is 12.5 Å². The first-order chi connectivity index (χ1) is 10.9. The number of aromatic nitrogens is 2. The first kappa shape index (κ1) is 17.2. The number of carbonyl (C=O) groups is 1. The second kappa shape index (κ2) is 7.42. The second-order valence-corrected chi connectivity index (χ2v) is 6.44. The van der Waals surface area contributed by atoms with E-state index in [-0.39, 0.29) is 11.8 Å². The number of aryl methyl sites for hydroxylation is 2. The highest BCUT2D eigenvalue weighted by molar-refractivity contribution is 5.86. The van der Waals surface area contributed by atoms with E-state index in [0.29, 0.717) is 19.4 Å². The van der Waals surface area contributed by atoms with Gasteiger partial charge in [-0.2, -0.15) is 0 Å². The monoisotopic (exact) mass is 314 g/mol. The maximum atomic E-state index is 12.6. The zero-order valence-electron chi connectivity index (χ0n) is 14.1. The van der Waals surface area contributed by atoms with Crippen LogP contribution in [0, 0.1) is 12.8 Å². The minimum atomic E-state index is -0.893. The minimum absolute atomic E-state index is 0.0449. The van der Waals surface area contributed by atoms with Gasteiger partial charge < -0.3 is 16.0 Å². The normalized spacial score (nSPS) is 13.8. The molecule has 1 amide bonds. The van der Waals surface area contributed by atoms with E-state index in [4.69, 9.17) is 5.73 Å². The first-order valence-electron chi connectivity index (χ1n) is 8.02. The van der Waals surface area contributed by atoms with Gasteiger partial charge in [0.2, 0.25) is 5.91 Å². The third-order valence-corrected chi connectivity index (χ3v) is 4.39. The van der Waals surface area contributed by atoms with Crippen LogP contribution in [0.15, 0.2) is 36.8 Å². The number of nitrogens with two attached hydrogens (primary N) is 1. The van der Waals surface area contributed by atoms with Gasteiger partial charge in [-0.1, -0.05) is 43.7 Å². The van der Waals surface area contributed by atoms with Crippen LogP contribution in [0.4, 0.5) is 0 Å². The lowest BCUT2D eigenvalue weighted by Crippen LogP contribution is -2.57. The molecule has 0 spiro atoms. The standard InChI is InChI=1S/C18H26N4O/c1-13(2)18(19,9-8-16-11-20-12-22-16)17(23)21-10-15-6-4-14(3)5-7-15/h4-7,11-13H,8-10,19H2,1-3H3,(H,20,22)(H,21,23)/t18-/m0/s1. The van der Waals surface area contributed by atoms with E-state index in [1.165, 1.54) is 5.56 Å². The Labute approximate surface area is 137 Å². The van der Waals surface area contributed by atoms with E-state index < -0.39 is 5.54 Å². The Kier molecular flexibility index (Phi) is 5.55. The van der Waals surface area contributed by atoms with Gasteiger partial charge in [-0.05, 0) is 31.2 Å². The molecule has 0 radical (unpaired) electrons. The number of imidazole rings is 1. The summed E-state index contributed by atoms with van der Waals surface area (Å²) < 4.78 is 0. The summed E-state index contributed by atoms with van der Waals surface area (Å²) >= 11 is 0. The van der Waals surface area contributed by atoms with Crippen LogP contribution in [0.5, 0.6) is 0 Å². The lowest BCUT2D eigenvalue weighted by atomic mass is 9.82. The molecule has 0 bridgehead atoms. The Morgan fingerprint density at radius 3 is 2.61 bits per heavy atom. The average Bonchev–Trinajstić information content (AvgIpc) is 3.05. The molecule has 2 aromatic rings. The summed E-state index contributed by atoms with van der Waals surface area (Å²) in [4.78, 5) is 19.7. The summed E-state index contributed by atoms with van der Waals surface area (Å²) in [6, 6.07) is 8.12. The molecule has 0 unspecified atom stereocenters. The van der Waals surface area contributed by atoms with Crippen LogP contribution in [0.2, 0.25) is 0 Å². The van der Waals surface area contributed by atoms with Crippen molar-refractivity contribution in [3.05, 3.63) is 53.6 Å².